The number of pyridine rings is 1. The lowest BCUT2D eigenvalue weighted by Crippen LogP contribution is -2.24. The van der Waals surface area contributed by atoms with Crippen LogP contribution in [-0.2, 0) is 9.47 Å². The van der Waals surface area contributed by atoms with Crippen molar-refractivity contribution in [3.05, 3.63) is 41.1 Å². The van der Waals surface area contributed by atoms with Crippen molar-refractivity contribution in [3.8, 4) is 0 Å². The van der Waals surface area contributed by atoms with Crippen LogP contribution in [0.4, 0.5) is 0 Å². The molecule has 0 spiro atoms. The van der Waals surface area contributed by atoms with Crippen molar-refractivity contribution in [2.24, 2.45) is 0 Å². The summed E-state index contributed by atoms with van der Waals surface area (Å²) in [5.74, 6) is -0.995. The van der Waals surface area contributed by atoms with Gasteiger partial charge in [-0.1, -0.05) is 24.6 Å². The molecule has 25 heavy (non-hydrogen) atoms. The minimum atomic E-state index is -0.533. The molecule has 1 aromatic heterocycles. The van der Waals surface area contributed by atoms with Gasteiger partial charge in [-0.25, -0.2) is 9.59 Å². The fourth-order valence-electron chi connectivity index (χ4n) is 3.39. The lowest BCUT2D eigenvalue weighted by Gasteiger charge is -2.23. The number of hydrogen-bond donors (Lipinski definition) is 0. The summed E-state index contributed by atoms with van der Waals surface area (Å²) in [4.78, 5) is 29.9. The second kappa shape index (κ2) is 7.64. The van der Waals surface area contributed by atoms with E-state index in [0.29, 0.717) is 16.6 Å². The molecular weight excluding hydrogens is 318 g/mol. The van der Waals surface area contributed by atoms with E-state index in [9.17, 15) is 9.59 Å². The molecule has 0 N–H and O–H groups in total. The molecule has 1 aliphatic rings. The Kier molecular flexibility index (Phi) is 5.31. The molecule has 0 aliphatic heterocycles. The number of nitrogens with zero attached hydrogens (tertiary/aromatic N) is 1. The molecule has 0 saturated heterocycles. The predicted octanol–water partition coefficient (Wildman–Crippen LogP) is 4.21. The van der Waals surface area contributed by atoms with Crippen molar-refractivity contribution in [2.45, 2.75) is 52.1 Å². The predicted molar refractivity (Wildman–Crippen MR) is 94.7 cm³/mol. The summed E-state index contributed by atoms with van der Waals surface area (Å²) in [5, 5.41) is 0.622. The van der Waals surface area contributed by atoms with Crippen LogP contribution < -0.4 is 0 Å². The maximum absolute atomic E-state index is 13.0. The van der Waals surface area contributed by atoms with Gasteiger partial charge in [0.2, 0.25) is 0 Å². The van der Waals surface area contributed by atoms with Gasteiger partial charge in [0.15, 0.2) is 0 Å². The number of aryl methyl sites for hydroxylation is 1. The molecule has 0 amide bonds. The number of hydrogen-bond acceptors (Lipinski definition) is 5. The van der Waals surface area contributed by atoms with Gasteiger partial charge in [0.05, 0.1) is 28.9 Å². The Bertz CT molecular complexity index is 794. The molecule has 1 heterocycles. The van der Waals surface area contributed by atoms with Crippen LogP contribution >= 0.6 is 0 Å². The van der Waals surface area contributed by atoms with Crippen LogP contribution in [0.2, 0.25) is 0 Å². The molecule has 1 saturated carbocycles. The summed E-state index contributed by atoms with van der Waals surface area (Å²) in [6.07, 6.45) is 4.99. The molecular formula is C20H23NO4. The van der Waals surface area contributed by atoms with Gasteiger partial charge in [-0.05, 0) is 45.6 Å². The molecule has 1 aliphatic carbocycles. The zero-order valence-corrected chi connectivity index (χ0v) is 14.7. The number of aromatic nitrogens is 1. The quantitative estimate of drug-likeness (QED) is 0.779. The molecule has 0 atom stereocenters. The topological polar surface area (TPSA) is 65.5 Å². The molecule has 132 valence electrons. The summed E-state index contributed by atoms with van der Waals surface area (Å²) in [6.45, 7) is 3.69. The number of ether oxygens (including phenoxy) is 2. The molecule has 1 aromatic carbocycles. The average molecular weight is 341 g/mol. The number of para-hydroxylation sites is 1. The molecule has 0 unspecified atom stereocenters. The molecule has 1 fully saturated rings. The second-order valence-electron chi connectivity index (χ2n) is 6.35. The molecule has 0 radical (unpaired) electrons. The summed E-state index contributed by atoms with van der Waals surface area (Å²) >= 11 is 0. The highest BCUT2D eigenvalue weighted by Gasteiger charge is 2.28. The summed E-state index contributed by atoms with van der Waals surface area (Å²) in [5.41, 5.74) is 1.63. The van der Waals surface area contributed by atoms with E-state index in [2.05, 4.69) is 4.98 Å². The molecule has 5 heteroatoms. The standard InChI is InChI=1S/C20H23NO4/c1-3-24-19(22)17-13(2)21-16-12-8-7-11-15(16)18(17)20(23)25-14-9-5-4-6-10-14/h7-8,11-12,14H,3-6,9-10H2,1-2H3. The summed E-state index contributed by atoms with van der Waals surface area (Å²) in [6, 6.07) is 7.30. The van der Waals surface area contributed by atoms with Crippen molar-refractivity contribution in [1.29, 1.82) is 0 Å². The third-order valence-electron chi connectivity index (χ3n) is 4.58. The highest BCUT2D eigenvalue weighted by atomic mass is 16.5. The second-order valence-corrected chi connectivity index (χ2v) is 6.35. The van der Waals surface area contributed by atoms with Crippen molar-refractivity contribution >= 4 is 22.8 Å². The minimum absolute atomic E-state index is 0.0801. The monoisotopic (exact) mass is 341 g/mol. The number of fused-ring (bicyclic) bond motifs is 1. The van der Waals surface area contributed by atoms with E-state index in [1.807, 2.05) is 18.2 Å². The fourth-order valence-corrected chi connectivity index (χ4v) is 3.39. The maximum Gasteiger partial charge on any atom is 0.340 e. The number of esters is 2. The van der Waals surface area contributed by atoms with Crippen LogP contribution in [0.3, 0.4) is 0 Å². The Hall–Kier alpha value is -2.43. The zero-order valence-electron chi connectivity index (χ0n) is 14.7. The number of carbonyl (C=O) groups excluding carboxylic acids is 2. The molecule has 0 bridgehead atoms. The van der Waals surface area contributed by atoms with Gasteiger partial charge in [-0.15, -0.1) is 0 Å². The van der Waals surface area contributed by atoms with Gasteiger partial charge >= 0.3 is 11.9 Å². The van der Waals surface area contributed by atoms with E-state index in [1.54, 1.807) is 19.9 Å². The molecule has 2 aromatic rings. The number of carbonyl (C=O) groups is 2. The van der Waals surface area contributed by atoms with E-state index >= 15 is 0 Å². The fraction of sp³-hybridized carbons (Fsp3) is 0.450. The average Bonchev–Trinajstić information content (AvgIpc) is 2.61. The van der Waals surface area contributed by atoms with Crippen LogP contribution in [0.5, 0.6) is 0 Å². The minimum Gasteiger partial charge on any atom is -0.462 e. The molecule has 5 nitrogen and oxygen atoms in total. The zero-order chi connectivity index (χ0) is 17.8. The Balaban J connectivity index is 2.07. The third-order valence-corrected chi connectivity index (χ3v) is 4.58. The van der Waals surface area contributed by atoms with Gasteiger partial charge in [-0.2, -0.15) is 0 Å². The first kappa shape index (κ1) is 17.4. The highest BCUT2D eigenvalue weighted by molar-refractivity contribution is 6.12. The number of benzene rings is 1. The SMILES string of the molecule is CCOC(=O)c1c(C)nc2ccccc2c1C(=O)OC1CCCCC1. The van der Waals surface area contributed by atoms with Crippen molar-refractivity contribution in [3.63, 3.8) is 0 Å². The van der Waals surface area contributed by atoms with Crippen LogP contribution in [0.15, 0.2) is 24.3 Å². The lowest BCUT2D eigenvalue weighted by molar-refractivity contribution is 0.0206. The van der Waals surface area contributed by atoms with Crippen molar-refractivity contribution < 1.29 is 19.1 Å². The van der Waals surface area contributed by atoms with Gasteiger partial charge < -0.3 is 9.47 Å². The van der Waals surface area contributed by atoms with Crippen molar-refractivity contribution in [2.75, 3.05) is 6.61 Å². The highest BCUT2D eigenvalue weighted by Crippen LogP contribution is 2.27. The van der Waals surface area contributed by atoms with Gasteiger partial charge in [0.25, 0.3) is 0 Å². The van der Waals surface area contributed by atoms with Gasteiger partial charge in [0.1, 0.15) is 6.10 Å². The Morgan fingerprint density at radius 3 is 2.52 bits per heavy atom. The van der Waals surface area contributed by atoms with E-state index in [4.69, 9.17) is 9.47 Å². The lowest BCUT2D eigenvalue weighted by atomic mass is 9.97. The van der Waals surface area contributed by atoms with Crippen molar-refractivity contribution in [1.82, 2.24) is 4.98 Å². The van der Waals surface area contributed by atoms with E-state index in [-0.39, 0.29) is 23.8 Å². The Morgan fingerprint density at radius 2 is 1.80 bits per heavy atom. The first-order valence-corrected chi connectivity index (χ1v) is 8.89. The first-order valence-electron chi connectivity index (χ1n) is 8.89. The van der Waals surface area contributed by atoms with Crippen LogP contribution in [-0.4, -0.2) is 29.6 Å². The smallest absolute Gasteiger partial charge is 0.340 e. The Morgan fingerprint density at radius 1 is 1.08 bits per heavy atom. The van der Waals surface area contributed by atoms with Gasteiger partial charge in [-0.3, -0.25) is 4.98 Å². The largest absolute Gasteiger partial charge is 0.462 e. The third kappa shape index (κ3) is 3.65. The summed E-state index contributed by atoms with van der Waals surface area (Å²) < 4.78 is 10.9. The van der Waals surface area contributed by atoms with E-state index < -0.39 is 11.9 Å². The Labute approximate surface area is 147 Å². The first-order chi connectivity index (χ1) is 12.1. The van der Waals surface area contributed by atoms with Gasteiger partial charge in [0, 0.05) is 5.39 Å². The van der Waals surface area contributed by atoms with Crippen LogP contribution in [0.25, 0.3) is 10.9 Å². The van der Waals surface area contributed by atoms with E-state index in [1.165, 1.54) is 6.42 Å². The molecule has 3 rings (SSSR count). The summed E-state index contributed by atoms with van der Waals surface area (Å²) in [7, 11) is 0. The van der Waals surface area contributed by atoms with Crippen LogP contribution in [0.1, 0.15) is 65.4 Å². The van der Waals surface area contributed by atoms with E-state index in [0.717, 1.165) is 25.7 Å². The van der Waals surface area contributed by atoms with Crippen LogP contribution in [0, 0.1) is 6.92 Å². The number of rotatable bonds is 4. The maximum atomic E-state index is 13.0. The normalized spacial score (nSPS) is 15.1.